The molecule has 1 N–H and O–H groups in total. The second kappa shape index (κ2) is 7.40. The summed E-state index contributed by atoms with van der Waals surface area (Å²) in [6.07, 6.45) is 4.49. The van der Waals surface area contributed by atoms with E-state index in [0.717, 1.165) is 5.69 Å². The summed E-state index contributed by atoms with van der Waals surface area (Å²) in [6, 6.07) is 17.3. The van der Waals surface area contributed by atoms with E-state index in [4.69, 9.17) is 4.42 Å². The molecule has 1 aliphatic heterocycles. The molecule has 0 radical (unpaired) electrons. The third-order valence-electron chi connectivity index (χ3n) is 4.56. The van der Waals surface area contributed by atoms with Gasteiger partial charge >= 0.3 is 0 Å². The number of para-hydroxylation sites is 2. The van der Waals surface area contributed by atoms with Gasteiger partial charge in [-0.3, -0.25) is 14.9 Å². The van der Waals surface area contributed by atoms with Crippen molar-refractivity contribution in [3.8, 4) is 0 Å². The number of fused-ring (bicyclic) bond motifs is 1. The Hall–Kier alpha value is -3.87. The van der Waals surface area contributed by atoms with Gasteiger partial charge in [-0.25, -0.2) is 0 Å². The van der Waals surface area contributed by atoms with Crippen LogP contribution in [-0.4, -0.2) is 21.9 Å². The van der Waals surface area contributed by atoms with Crippen molar-refractivity contribution in [3.05, 3.63) is 100 Å². The van der Waals surface area contributed by atoms with Gasteiger partial charge in [0.05, 0.1) is 28.9 Å². The van der Waals surface area contributed by atoms with Crippen LogP contribution in [0.15, 0.2) is 77.4 Å². The zero-order chi connectivity index (χ0) is 19.5. The molecular weight excluding hydrogens is 358 g/mol. The topological polar surface area (TPSA) is 88.6 Å². The Morgan fingerprint density at radius 1 is 1.11 bits per heavy atom. The Morgan fingerprint density at radius 3 is 2.68 bits per heavy atom. The number of benzene rings is 2. The van der Waals surface area contributed by atoms with Gasteiger partial charge < -0.3 is 14.6 Å². The van der Waals surface area contributed by atoms with Crippen LogP contribution in [0.5, 0.6) is 0 Å². The Kier molecular flexibility index (Phi) is 4.63. The highest BCUT2D eigenvalue weighted by molar-refractivity contribution is 6.01. The lowest BCUT2D eigenvalue weighted by atomic mass is 10.1. The minimum Gasteiger partial charge on any atom is -0.467 e. The van der Waals surface area contributed by atoms with E-state index >= 15 is 0 Å². The molecular formula is C21H17N3O4. The molecule has 0 saturated carbocycles. The van der Waals surface area contributed by atoms with Crippen molar-refractivity contribution >= 4 is 23.4 Å². The van der Waals surface area contributed by atoms with E-state index in [1.165, 1.54) is 6.07 Å². The van der Waals surface area contributed by atoms with Crippen LogP contribution < -0.4 is 5.32 Å². The van der Waals surface area contributed by atoms with E-state index in [9.17, 15) is 14.9 Å². The number of hydrogen-bond acceptors (Lipinski definition) is 5. The van der Waals surface area contributed by atoms with Crippen molar-refractivity contribution in [1.29, 1.82) is 0 Å². The number of rotatable bonds is 5. The van der Waals surface area contributed by atoms with Gasteiger partial charge in [-0.2, -0.15) is 0 Å². The molecule has 0 bridgehead atoms. The maximum atomic E-state index is 13.0. The van der Waals surface area contributed by atoms with Gasteiger partial charge in [-0.05, 0) is 42.5 Å². The molecule has 3 aromatic rings. The summed E-state index contributed by atoms with van der Waals surface area (Å²) in [7, 11) is 0. The summed E-state index contributed by atoms with van der Waals surface area (Å²) in [5.74, 6) is 0.515. The normalized spacial score (nSPS) is 16.1. The van der Waals surface area contributed by atoms with Gasteiger partial charge in [-0.1, -0.05) is 24.3 Å². The first kappa shape index (κ1) is 17.5. The molecule has 1 unspecified atom stereocenters. The van der Waals surface area contributed by atoms with Crippen LogP contribution in [0.4, 0.5) is 11.4 Å². The Labute approximate surface area is 161 Å². The van der Waals surface area contributed by atoms with Crippen LogP contribution in [-0.2, 0) is 6.54 Å². The number of carbonyl (C=O) groups excluding carboxylic acids is 1. The zero-order valence-electron chi connectivity index (χ0n) is 14.8. The first-order valence-electron chi connectivity index (χ1n) is 8.74. The summed E-state index contributed by atoms with van der Waals surface area (Å²) in [6.45, 7) is 0.277. The van der Waals surface area contributed by atoms with Crippen molar-refractivity contribution in [2.75, 3.05) is 5.32 Å². The van der Waals surface area contributed by atoms with Crippen LogP contribution in [0.2, 0.25) is 0 Å². The lowest BCUT2D eigenvalue weighted by molar-refractivity contribution is -0.385. The van der Waals surface area contributed by atoms with Gasteiger partial charge in [0.15, 0.2) is 0 Å². The quantitative estimate of drug-likeness (QED) is 0.531. The number of nitro benzene ring substituents is 1. The average molecular weight is 375 g/mol. The number of furan rings is 1. The number of anilines is 1. The van der Waals surface area contributed by atoms with E-state index in [-0.39, 0.29) is 18.1 Å². The lowest BCUT2D eigenvalue weighted by Gasteiger charge is -2.35. The molecule has 7 nitrogen and oxygen atoms in total. The molecule has 0 spiro atoms. The van der Waals surface area contributed by atoms with Crippen LogP contribution >= 0.6 is 0 Å². The molecule has 0 aliphatic carbocycles. The second-order valence-corrected chi connectivity index (χ2v) is 6.32. The lowest BCUT2D eigenvalue weighted by Crippen LogP contribution is -2.47. The van der Waals surface area contributed by atoms with Crippen molar-refractivity contribution in [2.45, 2.75) is 12.7 Å². The third kappa shape index (κ3) is 3.37. The third-order valence-corrected chi connectivity index (χ3v) is 4.56. The van der Waals surface area contributed by atoms with E-state index < -0.39 is 11.1 Å². The van der Waals surface area contributed by atoms with E-state index in [1.54, 1.807) is 59.7 Å². The highest BCUT2D eigenvalue weighted by atomic mass is 16.6. The predicted molar refractivity (Wildman–Crippen MR) is 105 cm³/mol. The van der Waals surface area contributed by atoms with Gasteiger partial charge in [-0.15, -0.1) is 0 Å². The minimum atomic E-state index is -0.479. The molecule has 1 aliphatic rings. The largest absolute Gasteiger partial charge is 0.467 e. The molecule has 7 heteroatoms. The summed E-state index contributed by atoms with van der Waals surface area (Å²) in [5, 5.41) is 14.6. The standard InChI is InChI=1S/C21H17N3O4/c25-21-17-8-2-3-9-18(17)22-20(23(21)14-16-7-5-13-28-16)12-11-15-6-1-4-10-19(15)24(26)27/h1-13,20,22H,14H2/b12-11+. The van der Waals surface area contributed by atoms with Crippen molar-refractivity contribution < 1.29 is 14.1 Å². The smallest absolute Gasteiger partial charge is 0.276 e. The summed E-state index contributed by atoms with van der Waals surface area (Å²) < 4.78 is 5.40. The SMILES string of the molecule is O=C1c2ccccc2NC(/C=C/c2ccccc2[N+](=O)[O-])N1Cc1ccco1. The first-order valence-corrected chi connectivity index (χ1v) is 8.74. The summed E-state index contributed by atoms with van der Waals surface area (Å²) >= 11 is 0. The number of nitrogens with zero attached hydrogens (tertiary/aromatic N) is 2. The Balaban J connectivity index is 1.69. The fourth-order valence-electron chi connectivity index (χ4n) is 3.20. The monoisotopic (exact) mass is 375 g/mol. The number of hydrogen-bond donors (Lipinski definition) is 1. The predicted octanol–water partition coefficient (Wildman–Crippen LogP) is 4.30. The molecule has 1 atom stereocenters. The Morgan fingerprint density at radius 2 is 1.89 bits per heavy atom. The van der Waals surface area contributed by atoms with E-state index in [0.29, 0.717) is 16.9 Å². The van der Waals surface area contributed by atoms with Crippen LogP contribution in [0.25, 0.3) is 6.08 Å². The molecule has 1 amide bonds. The van der Waals surface area contributed by atoms with Crippen molar-refractivity contribution in [2.24, 2.45) is 0 Å². The fraction of sp³-hybridized carbons (Fsp3) is 0.0952. The van der Waals surface area contributed by atoms with Gasteiger partial charge in [0, 0.05) is 11.8 Å². The highest BCUT2D eigenvalue weighted by Gasteiger charge is 2.31. The number of nitro groups is 1. The molecule has 1 aromatic heterocycles. The van der Waals surface area contributed by atoms with Crippen molar-refractivity contribution in [3.63, 3.8) is 0 Å². The molecule has 0 fully saturated rings. The molecule has 140 valence electrons. The van der Waals surface area contributed by atoms with Gasteiger partial charge in [0.25, 0.3) is 11.6 Å². The zero-order valence-corrected chi connectivity index (χ0v) is 14.8. The van der Waals surface area contributed by atoms with Crippen LogP contribution in [0, 0.1) is 10.1 Å². The maximum absolute atomic E-state index is 13.0. The van der Waals surface area contributed by atoms with E-state index in [1.807, 2.05) is 18.2 Å². The van der Waals surface area contributed by atoms with E-state index in [2.05, 4.69) is 5.32 Å². The summed E-state index contributed by atoms with van der Waals surface area (Å²) in [5.41, 5.74) is 1.78. The second-order valence-electron chi connectivity index (χ2n) is 6.32. The van der Waals surface area contributed by atoms with Gasteiger partial charge in [0.1, 0.15) is 11.9 Å². The minimum absolute atomic E-state index is 0.0128. The van der Waals surface area contributed by atoms with Gasteiger partial charge in [0.2, 0.25) is 0 Å². The number of nitrogens with one attached hydrogen (secondary N) is 1. The Bertz CT molecular complexity index is 1040. The maximum Gasteiger partial charge on any atom is 0.276 e. The molecule has 28 heavy (non-hydrogen) atoms. The molecule has 2 heterocycles. The van der Waals surface area contributed by atoms with Crippen molar-refractivity contribution in [1.82, 2.24) is 4.90 Å². The summed E-state index contributed by atoms with van der Waals surface area (Å²) in [4.78, 5) is 25.5. The number of amides is 1. The molecule has 0 saturated heterocycles. The van der Waals surface area contributed by atoms with Crippen LogP contribution in [0.3, 0.4) is 0 Å². The average Bonchev–Trinajstić information content (AvgIpc) is 3.22. The van der Waals surface area contributed by atoms with Crippen LogP contribution in [0.1, 0.15) is 21.7 Å². The highest BCUT2D eigenvalue weighted by Crippen LogP contribution is 2.28. The first-order chi connectivity index (χ1) is 13.6. The molecule has 4 rings (SSSR count). The number of carbonyl (C=O) groups is 1. The fourth-order valence-corrected chi connectivity index (χ4v) is 3.20. The molecule has 2 aromatic carbocycles.